The first-order chi connectivity index (χ1) is 11.7. The number of hydrogen-bond donors (Lipinski definition) is 1. The summed E-state index contributed by atoms with van der Waals surface area (Å²) in [4.78, 5) is 34.6. The van der Waals surface area contributed by atoms with Crippen LogP contribution < -0.4 is 5.56 Å². The minimum atomic E-state index is -0.111. The number of aromatic amines is 1. The summed E-state index contributed by atoms with van der Waals surface area (Å²) in [6.45, 7) is 2.07. The lowest BCUT2D eigenvalue weighted by Crippen LogP contribution is -2.43. The highest BCUT2D eigenvalue weighted by Gasteiger charge is 2.33. The van der Waals surface area contributed by atoms with E-state index < -0.39 is 0 Å². The minimum absolute atomic E-state index is 0.0428. The van der Waals surface area contributed by atoms with Crippen LogP contribution in [0.1, 0.15) is 43.8 Å². The van der Waals surface area contributed by atoms with Crippen molar-refractivity contribution >= 4 is 11.7 Å². The molecular weight excluding hydrogens is 308 g/mol. The van der Waals surface area contributed by atoms with Gasteiger partial charge in [0.25, 0.3) is 5.56 Å². The molecule has 0 saturated carbocycles. The highest BCUT2D eigenvalue weighted by molar-refractivity contribution is 5.79. The molecule has 2 aliphatic rings. The van der Waals surface area contributed by atoms with Crippen LogP contribution in [0.2, 0.25) is 0 Å². The largest absolute Gasteiger partial charge is 0.381 e. The van der Waals surface area contributed by atoms with E-state index in [2.05, 4.69) is 9.97 Å². The first-order valence-electron chi connectivity index (χ1n) is 8.68. The lowest BCUT2D eigenvalue weighted by atomic mass is 9.93. The molecular formula is C17H22N4O3. The third kappa shape index (κ3) is 2.73. The van der Waals surface area contributed by atoms with E-state index in [1.807, 2.05) is 4.90 Å². The maximum Gasteiger partial charge on any atom is 0.259 e. The van der Waals surface area contributed by atoms with E-state index in [1.54, 1.807) is 18.5 Å². The number of imidazole rings is 1. The number of carbonyl (C=O) groups excluding carboxylic acids is 1. The van der Waals surface area contributed by atoms with Crippen LogP contribution in [0, 0.1) is 5.92 Å². The molecule has 4 heterocycles. The molecule has 2 aromatic heterocycles. The van der Waals surface area contributed by atoms with Gasteiger partial charge in [0.15, 0.2) is 0 Å². The Bertz CT molecular complexity index is 790. The van der Waals surface area contributed by atoms with E-state index in [0.29, 0.717) is 19.0 Å². The number of hydrogen-bond acceptors (Lipinski definition) is 4. The van der Waals surface area contributed by atoms with Crippen LogP contribution in [0.4, 0.5) is 0 Å². The van der Waals surface area contributed by atoms with Crippen molar-refractivity contribution in [2.75, 3.05) is 19.8 Å². The predicted molar refractivity (Wildman–Crippen MR) is 87.7 cm³/mol. The van der Waals surface area contributed by atoms with Gasteiger partial charge >= 0.3 is 0 Å². The Morgan fingerprint density at radius 3 is 2.92 bits per heavy atom. The lowest BCUT2D eigenvalue weighted by Gasteiger charge is -2.38. The Morgan fingerprint density at radius 1 is 1.25 bits per heavy atom. The standard InChI is InChI=1S/C17H22N4O3/c22-15-11-13(19-17-18-6-8-21(15)17)14-3-1-2-7-20(14)16(23)12-4-9-24-10-5-12/h6,8,11-12,14H,1-5,7,9-10H2,(H,18,19). The number of piperidine rings is 1. The quantitative estimate of drug-likeness (QED) is 0.905. The maximum atomic E-state index is 13.0. The van der Waals surface area contributed by atoms with Gasteiger partial charge in [-0.25, -0.2) is 4.98 Å². The fraction of sp³-hybridized carbons (Fsp3) is 0.588. The van der Waals surface area contributed by atoms with Crippen LogP contribution in [0.5, 0.6) is 0 Å². The molecule has 1 amide bonds. The maximum absolute atomic E-state index is 13.0. The van der Waals surface area contributed by atoms with Crippen molar-refractivity contribution in [3.63, 3.8) is 0 Å². The second-order valence-electron chi connectivity index (χ2n) is 6.61. The van der Waals surface area contributed by atoms with Gasteiger partial charge in [-0.3, -0.25) is 14.0 Å². The Balaban J connectivity index is 1.65. The van der Waals surface area contributed by atoms with Crippen molar-refractivity contribution in [1.29, 1.82) is 0 Å². The molecule has 7 heteroatoms. The fourth-order valence-electron chi connectivity index (χ4n) is 3.82. The summed E-state index contributed by atoms with van der Waals surface area (Å²) in [6, 6.07) is 1.54. The van der Waals surface area contributed by atoms with Gasteiger partial charge in [-0.05, 0) is 32.1 Å². The van der Waals surface area contributed by atoms with Crippen LogP contribution in [-0.4, -0.2) is 44.9 Å². The van der Waals surface area contributed by atoms with Crippen molar-refractivity contribution in [2.24, 2.45) is 5.92 Å². The average Bonchev–Trinajstić information content (AvgIpc) is 3.11. The van der Waals surface area contributed by atoms with Crippen LogP contribution >= 0.6 is 0 Å². The monoisotopic (exact) mass is 330 g/mol. The van der Waals surface area contributed by atoms with Gasteiger partial charge < -0.3 is 14.6 Å². The molecule has 7 nitrogen and oxygen atoms in total. The van der Waals surface area contributed by atoms with E-state index in [-0.39, 0.29) is 23.4 Å². The number of likely N-dealkylation sites (tertiary alicyclic amines) is 1. The molecule has 2 fully saturated rings. The molecule has 0 aliphatic carbocycles. The fourth-order valence-corrected chi connectivity index (χ4v) is 3.82. The van der Waals surface area contributed by atoms with Gasteiger partial charge in [-0.2, -0.15) is 0 Å². The Hall–Kier alpha value is -2.15. The molecule has 0 aromatic carbocycles. The molecule has 2 aliphatic heterocycles. The number of H-pyrrole nitrogens is 1. The van der Waals surface area contributed by atoms with E-state index >= 15 is 0 Å². The Kier molecular flexibility index (Phi) is 4.10. The number of nitrogens with zero attached hydrogens (tertiary/aromatic N) is 3. The van der Waals surface area contributed by atoms with Gasteiger partial charge in [0.1, 0.15) is 0 Å². The summed E-state index contributed by atoms with van der Waals surface area (Å²) >= 11 is 0. The van der Waals surface area contributed by atoms with Gasteiger partial charge in [-0.15, -0.1) is 0 Å². The number of amides is 1. The van der Waals surface area contributed by atoms with E-state index in [1.165, 1.54) is 4.40 Å². The topological polar surface area (TPSA) is 79.7 Å². The zero-order valence-electron chi connectivity index (χ0n) is 13.6. The van der Waals surface area contributed by atoms with Crippen molar-refractivity contribution in [3.8, 4) is 0 Å². The molecule has 1 N–H and O–H groups in total. The summed E-state index contributed by atoms with van der Waals surface area (Å²) < 4.78 is 6.86. The number of fused-ring (bicyclic) bond motifs is 1. The minimum Gasteiger partial charge on any atom is -0.381 e. The number of carbonyl (C=O) groups is 1. The molecule has 1 atom stereocenters. The van der Waals surface area contributed by atoms with Crippen LogP contribution in [0.15, 0.2) is 23.3 Å². The van der Waals surface area contributed by atoms with E-state index in [4.69, 9.17) is 4.74 Å². The zero-order valence-corrected chi connectivity index (χ0v) is 13.6. The second kappa shape index (κ2) is 6.39. The smallest absolute Gasteiger partial charge is 0.259 e. The first-order valence-corrected chi connectivity index (χ1v) is 8.68. The molecule has 0 bridgehead atoms. The SMILES string of the molecule is O=C(C1CCOCC1)N1CCCCC1c1cc(=O)n2ccnc2[nH]1. The van der Waals surface area contributed by atoms with Crippen LogP contribution in [-0.2, 0) is 9.53 Å². The van der Waals surface area contributed by atoms with E-state index in [0.717, 1.165) is 44.3 Å². The molecule has 0 spiro atoms. The summed E-state index contributed by atoms with van der Waals surface area (Å²) in [5.41, 5.74) is 0.680. The number of nitrogens with one attached hydrogen (secondary N) is 1. The predicted octanol–water partition coefficient (Wildman–Crippen LogP) is 1.50. The summed E-state index contributed by atoms with van der Waals surface area (Å²) in [5, 5.41) is 0. The first kappa shape index (κ1) is 15.4. The average molecular weight is 330 g/mol. The lowest BCUT2D eigenvalue weighted by molar-refractivity contribution is -0.142. The third-order valence-electron chi connectivity index (χ3n) is 5.13. The summed E-state index contributed by atoms with van der Waals surface area (Å²) in [7, 11) is 0. The molecule has 4 rings (SSSR count). The highest BCUT2D eigenvalue weighted by atomic mass is 16.5. The highest BCUT2D eigenvalue weighted by Crippen LogP contribution is 2.32. The number of aromatic nitrogens is 3. The molecule has 128 valence electrons. The van der Waals surface area contributed by atoms with Gasteiger partial charge in [0, 0.05) is 49.8 Å². The van der Waals surface area contributed by atoms with Crippen molar-refractivity contribution in [2.45, 2.75) is 38.1 Å². The molecule has 2 aromatic rings. The van der Waals surface area contributed by atoms with Crippen LogP contribution in [0.25, 0.3) is 5.78 Å². The third-order valence-corrected chi connectivity index (χ3v) is 5.13. The molecule has 0 radical (unpaired) electrons. The summed E-state index contributed by atoms with van der Waals surface area (Å²) in [5.74, 6) is 0.773. The Labute approximate surface area is 139 Å². The van der Waals surface area contributed by atoms with Crippen molar-refractivity contribution in [3.05, 3.63) is 34.5 Å². The molecule has 2 saturated heterocycles. The van der Waals surface area contributed by atoms with Gasteiger partial charge in [0.2, 0.25) is 11.7 Å². The van der Waals surface area contributed by atoms with Gasteiger partial charge in [0.05, 0.1) is 6.04 Å². The Morgan fingerprint density at radius 2 is 2.08 bits per heavy atom. The van der Waals surface area contributed by atoms with Gasteiger partial charge in [-0.1, -0.05) is 0 Å². The number of ether oxygens (including phenoxy) is 1. The normalized spacial score (nSPS) is 22.8. The van der Waals surface area contributed by atoms with Crippen molar-refractivity contribution in [1.82, 2.24) is 19.3 Å². The van der Waals surface area contributed by atoms with Crippen molar-refractivity contribution < 1.29 is 9.53 Å². The van der Waals surface area contributed by atoms with Crippen LogP contribution in [0.3, 0.4) is 0 Å². The zero-order chi connectivity index (χ0) is 16.5. The summed E-state index contributed by atoms with van der Waals surface area (Å²) in [6.07, 6.45) is 7.77. The number of rotatable bonds is 2. The molecule has 24 heavy (non-hydrogen) atoms. The van der Waals surface area contributed by atoms with E-state index in [9.17, 15) is 9.59 Å². The molecule has 1 unspecified atom stereocenters. The second-order valence-corrected chi connectivity index (χ2v) is 6.61.